The highest BCUT2D eigenvalue weighted by Gasteiger charge is 2.54. The fourth-order valence-electron chi connectivity index (χ4n) is 5.79. The van der Waals surface area contributed by atoms with E-state index in [1.807, 2.05) is 55.5 Å². The van der Waals surface area contributed by atoms with Crippen LogP contribution in [-0.4, -0.2) is 63.0 Å². The maximum absolute atomic E-state index is 13.2. The zero-order valence-corrected chi connectivity index (χ0v) is 21.1. The van der Waals surface area contributed by atoms with Crippen LogP contribution in [0.2, 0.25) is 0 Å². The van der Waals surface area contributed by atoms with Crippen LogP contribution in [0, 0.1) is 17.8 Å². The Morgan fingerprint density at radius 3 is 2.38 bits per heavy atom. The Balaban J connectivity index is 1.61. The van der Waals surface area contributed by atoms with E-state index in [-0.39, 0.29) is 37.2 Å². The first-order valence-electron chi connectivity index (χ1n) is 12.9. The van der Waals surface area contributed by atoms with Gasteiger partial charge in [-0.15, -0.1) is 0 Å². The summed E-state index contributed by atoms with van der Waals surface area (Å²) in [5.74, 6) is -2.41. The van der Waals surface area contributed by atoms with Gasteiger partial charge in [0.05, 0.1) is 31.2 Å². The standard InChI is InChI=1S/C30H35NO6/c1-2-14-31-29(36)24-16-22(17-32)27(25(18-33)28(24)30(31)37)26(35)13-10-21(20-6-4-3-5-7-20)15-19-8-11-23(34)12-9-19/h3-9,11-12,15,24-26,28,32-35H,2,10,13-14,16-18H2,1H3/b21-15-/t24-,25+,26-,28-/m1/s1. The summed E-state index contributed by atoms with van der Waals surface area (Å²) in [4.78, 5) is 27.4. The summed E-state index contributed by atoms with van der Waals surface area (Å²) in [7, 11) is 0. The summed E-state index contributed by atoms with van der Waals surface area (Å²) in [6, 6.07) is 16.7. The van der Waals surface area contributed by atoms with Crippen molar-refractivity contribution in [2.75, 3.05) is 19.8 Å². The number of imide groups is 1. The van der Waals surface area contributed by atoms with Crippen molar-refractivity contribution < 1.29 is 30.0 Å². The van der Waals surface area contributed by atoms with E-state index in [4.69, 9.17) is 0 Å². The van der Waals surface area contributed by atoms with Crippen LogP contribution in [0.15, 0.2) is 65.7 Å². The second-order valence-electron chi connectivity index (χ2n) is 9.85. The van der Waals surface area contributed by atoms with E-state index in [0.717, 1.165) is 16.7 Å². The molecule has 2 aromatic carbocycles. The molecule has 2 aliphatic rings. The first kappa shape index (κ1) is 26.8. The van der Waals surface area contributed by atoms with Crippen LogP contribution in [0.25, 0.3) is 11.6 Å². The van der Waals surface area contributed by atoms with Crippen LogP contribution in [0.5, 0.6) is 5.75 Å². The van der Waals surface area contributed by atoms with Crippen LogP contribution in [0.1, 0.15) is 43.7 Å². The fourth-order valence-corrected chi connectivity index (χ4v) is 5.79. The highest BCUT2D eigenvalue weighted by atomic mass is 16.3. The van der Waals surface area contributed by atoms with Gasteiger partial charge >= 0.3 is 0 Å². The number of aromatic hydroxyl groups is 1. The van der Waals surface area contributed by atoms with E-state index in [9.17, 15) is 30.0 Å². The SMILES string of the molecule is CCCN1C(=O)[C@@H]2[C@@H](CC(CO)=C([C@H](O)CC/C(=C/c3ccc(O)cc3)c3ccccc3)[C@@H]2CO)C1=O. The third kappa shape index (κ3) is 5.54. The predicted octanol–water partition coefficient (Wildman–Crippen LogP) is 3.39. The van der Waals surface area contributed by atoms with E-state index in [2.05, 4.69) is 0 Å². The molecule has 1 saturated heterocycles. The van der Waals surface area contributed by atoms with Crippen molar-refractivity contribution in [3.8, 4) is 5.75 Å². The molecule has 37 heavy (non-hydrogen) atoms. The number of carbonyl (C=O) groups excluding carboxylic acids is 2. The van der Waals surface area contributed by atoms with Gasteiger partial charge in [0, 0.05) is 12.5 Å². The number of rotatable bonds is 10. The number of hydrogen-bond acceptors (Lipinski definition) is 6. The maximum atomic E-state index is 13.2. The summed E-state index contributed by atoms with van der Waals surface area (Å²) >= 11 is 0. The lowest BCUT2D eigenvalue weighted by molar-refractivity contribution is -0.140. The average molecular weight is 506 g/mol. The first-order chi connectivity index (χ1) is 17.9. The van der Waals surface area contributed by atoms with Crippen LogP contribution >= 0.6 is 0 Å². The zero-order valence-electron chi connectivity index (χ0n) is 21.1. The molecule has 0 saturated carbocycles. The van der Waals surface area contributed by atoms with Crippen molar-refractivity contribution >= 4 is 23.5 Å². The number of aliphatic hydroxyl groups excluding tert-OH is 3. The van der Waals surface area contributed by atoms with Gasteiger partial charge in [0.1, 0.15) is 5.75 Å². The Bertz CT molecular complexity index is 1170. The molecule has 0 unspecified atom stereocenters. The number of phenols is 1. The molecule has 7 nitrogen and oxygen atoms in total. The number of likely N-dealkylation sites (tertiary alicyclic amines) is 1. The van der Waals surface area contributed by atoms with Crippen LogP contribution in [-0.2, 0) is 9.59 Å². The Morgan fingerprint density at radius 1 is 1.05 bits per heavy atom. The van der Waals surface area contributed by atoms with E-state index < -0.39 is 23.9 Å². The van der Waals surface area contributed by atoms with Crippen molar-refractivity contribution in [1.29, 1.82) is 0 Å². The third-order valence-corrected chi connectivity index (χ3v) is 7.53. The molecular weight excluding hydrogens is 470 g/mol. The highest BCUT2D eigenvalue weighted by Crippen LogP contribution is 2.46. The molecule has 4 rings (SSSR count). The number of phenolic OH excluding ortho intramolecular Hbond substituents is 1. The summed E-state index contributed by atoms with van der Waals surface area (Å²) in [6.45, 7) is 1.51. The minimum Gasteiger partial charge on any atom is -0.508 e. The predicted molar refractivity (Wildman–Crippen MR) is 141 cm³/mol. The molecule has 2 aromatic rings. The molecule has 7 heteroatoms. The molecule has 1 heterocycles. The van der Waals surface area contributed by atoms with Gasteiger partial charge in [-0.2, -0.15) is 0 Å². The molecule has 1 fully saturated rings. The largest absolute Gasteiger partial charge is 0.508 e. The third-order valence-electron chi connectivity index (χ3n) is 7.53. The number of hydrogen-bond donors (Lipinski definition) is 4. The van der Waals surface area contributed by atoms with Gasteiger partial charge < -0.3 is 20.4 Å². The normalized spacial score (nSPS) is 23.0. The molecule has 1 aliphatic heterocycles. The van der Waals surface area contributed by atoms with Gasteiger partial charge in [-0.3, -0.25) is 14.5 Å². The smallest absolute Gasteiger partial charge is 0.233 e. The first-order valence-corrected chi connectivity index (χ1v) is 12.9. The molecular formula is C30H35NO6. The van der Waals surface area contributed by atoms with Crippen molar-refractivity contribution in [3.63, 3.8) is 0 Å². The van der Waals surface area contributed by atoms with Crippen LogP contribution in [0.4, 0.5) is 0 Å². The summed E-state index contributed by atoms with van der Waals surface area (Å²) in [5, 5.41) is 41.5. The quantitative estimate of drug-likeness (QED) is 0.223. The Kier molecular flexibility index (Phi) is 8.59. The number of fused-ring (bicyclic) bond motifs is 1. The molecule has 1 aliphatic carbocycles. The highest BCUT2D eigenvalue weighted by molar-refractivity contribution is 6.05. The molecule has 0 radical (unpaired) electrons. The second kappa shape index (κ2) is 11.9. The minimum atomic E-state index is -0.990. The van der Waals surface area contributed by atoms with Gasteiger partial charge in [0.25, 0.3) is 0 Å². The minimum absolute atomic E-state index is 0.181. The number of allylic oxidation sites excluding steroid dienone is 1. The Labute approximate surface area is 217 Å². The van der Waals surface area contributed by atoms with E-state index in [1.165, 1.54) is 4.90 Å². The summed E-state index contributed by atoms with van der Waals surface area (Å²) < 4.78 is 0. The van der Waals surface area contributed by atoms with Crippen LogP contribution in [0.3, 0.4) is 0 Å². The Morgan fingerprint density at radius 2 is 1.76 bits per heavy atom. The number of nitrogens with zero attached hydrogens (tertiary/aromatic N) is 1. The lowest BCUT2D eigenvalue weighted by Gasteiger charge is -2.36. The lowest BCUT2D eigenvalue weighted by atomic mass is 9.68. The molecule has 196 valence electrons. The fraction of sp³-hybridized carbons (Fsp3) is 0.400. The van der Waals surface area contributed by atoms with E-state index >= 15 is 0 Å². The molecule has 0 bridgehead atoms. The average Bonchev–Trinajstić information content (AvgIpc) is 3.16. The number of carbonyl (C=O) groups is 2. The van der Waals surface area contributed by atoms with Crippen molar-refractivity contribution in [1.82, 2.24) is 4.90 Å². The van der Waals surface area contributed by atoms with Crippen molar-refractivity contribution in [2.24, 2.45) is 17.8 Å². The topological polar surface area (TPSA) is 118 Å². The molecule has 4 atom stereocenters. The van der Waals surface area contributed by atoms with Gasteiger partial charge in [-0.1, -0.05) is 55.5 Å². The summed E-state index contributed by atoms with van der Waals surface area (Å²) in [6.07, 6.45) is 2.68. The summed E-state index contributed by atoms with van der Waals surface area (Å²) in [5.41, 5.74) is 3.90. The lowest BCUT2D eigenvalue weighted by Crippen LogP contribution is -2.39. The van der Waals surface area contributed by atoms with Crippen molar-refractivity contribution in [2.45, 2.75) is 38.7 Å². The van der Waals surface area contributed by atoms with E-state index in [0.29, 0.717) is 37.0 Å². The molecule has 0 aromatic heterocycles. The number of amides is 2. The van der Waals surface area contributed by atoms with Gasteiger partial charge in [0.2, 0.25) is 11.8 Å². The monoisotopic (exact) mass is 505 g/mol. The van der Waals surface area contributed by atoms with Crippen molar-refractivity contribution in [3.05, 3.63) is 76.9 Å². The van der Waals surface area contributed by atoms with Crippen LogP contribution < -0.4 is 0 Å². The van der Waals surface area contributed by atoms with Gasteiger partial charge in [0.15, 0.2) is 0 Å². The Hall–Kier alpha value is -3.26. The van der Waals surface area contributed by atoms with E-state index in [1.54, 1.807) is 12.1 Å². The molecule has 2 amide bonds. The van der Waals surface area contributed by atoms with Gasteiger partial charge in [-0.05, 0) is 65.7 Å². The molecule has 4 N–H and O–H groups in total. The van der Waals surface area contributed by atoms with Gasteiger partial charge in [-0.25, -0.2) is 0 Å². The number of benzene rings is 2. The second-order valence-corrected chi connectivity index (χ2v) is 9.85. The maximum Gasteiger partial charge on any atom is 0.233 e. The zero-order chi connectivity index (χ0) is 26.5. The number of aliphatic hydroxyl groups is 3. The molecule has 0 spiro atoms.